The topological polar surface area (TPSA) is 74.3 Å². The van der Waals surface area contributed by atoms with Gasteiger partial charge >= 0.3 is 0 Å². The number of H-pyrrole nitrogens is 1. The van der Waals surface area contributed by atoms with Crippen LogP contribution in [-0.2, 0) is 6.54 Å². The molecule has 118 valence electrons. The average Bonchev–Trinajstić information content (AvgIpc) is 3.09. The van der Waals surface area contributed by atoms with Gasteiger partial charge in [-0.1, -0.05) is 6.07 Å². The molecule has 1 atom stereocenters. The highest BCUT2D eigenvalue weighted by Gasteiger charge is 2.27. The average molecular weight is 302 g/mol. The highest BCUT2D eigenvalue weighted by atomic mass is 16.5. The molecule has 0 bridgehead atoms. The second kappa shape index (κ2) is 6.89. The molecular formula is C16H22N4O2. The molecule has 1 fully saturated rings. The zero-order valence-electron chi connectivity index (χ0n) is 12.8. The highest BCUT2D eigenvalue weighted by Crippen LogP contribution is 2.29. The van der Waals surface area contributed by atoms with Crippen molar-refractivity contribution in [2.75, 3.05) is 20.2 Å². The second-order valence-electron chi connectivity index (χ2n) is 5.70. The number of hydrogen-bond acceptors (Lipinski definition) is 5. The number of imidazole rings is 1. The van der Waals surface area contributed by atoms with Crippen molar-refractivity contribution < 1.29 is 9.84 Å². The molecule has 3 rings (SSSR count). The van der Waals surface area contributed by atoms with E-state index in [9.17, 15) is 5.11 Å². The largest absolute Gasteiger partial charge is 0.481 e. The van der Waals surface area contributed by atoms with Gasteiger partial charge in [0, 0.05) is 25.0 Å². The molecular weight excluding hydrogens is 280 g/mol. The number of rotatable bonds is 5. The number of aromatic nitrogens is 3. The number of piperidine rings is 1. The van der Waals surface area contributed by atoms with Crippen LogP contribution in [0.15, 0.2) is 30.6 Å². The highest BCUT2D eigenvalue weighted by molar-refractivity contribution is 5.15. The van der Waals surface area contributed by atoms with Crippen LogP contribution in [0, 0.1) is 5.92 Å². The summed E-state index contributed by atoms with van der Waals surface area (Å²) in [5.74, 6) is 1.59. The van der Waals surface area contributed by atoms with Crippen molar-refractivity contribution in [1.29, 1.82) is 0 Å². The number of methoxy groups -OCH3 is 1. The van der Waals surface area contributed by atoms with Gasteiger partial charge in [0.05, 0.1) is 12.8 Å². The lowest BCUT2D eigenvalue weighted by Crippen LogP contribution is -2.35. The molecule has 2 aromatic heterocycles. The Kier molecular flexibility index (Phi) is 4.70. The molecule has 1 aliphatic rings. The Morgan fingerprint density at radius 3 is 2.91 bits per heavy atom. The predicted octanol–water partition coefficient (Wildman–Crippen LogP) is 1.76. The molecule has 0 amide bonds. The van der Waals surface area contributed by atoms with Crippen LogP contribution in [-0.4, -0.2) is 45.2 Å². The number of likely N-dealkylation sites (tertiary alicyclic amines) is 1. The number of ether oxygens (including phenoxy) is 1. The van der Waals surface area contributed by atoms with E-state index in [1.165, 1.54) is 0 Å². The van der Waals surface area contributed by atoms with Crippen molar-refractivity contribution in [1.82, 2.24) is 19.9 Å². The number of hydrogen-bond donors (Lipinski definition) is 2. The number of aliphatic hydroxyl groups excluding tert-OH is 1. The zero-order chi connectivity index (χ0) is 15.4. The first-order valence-corrected chi connectivity index (χ1v) is 7.66. The molecule has 0 spiro atoms. The minimum absolute atomic E-state index is 0.265. The molecule has 6 nitrogen and oxygen atoms in total. The van der Waals surface area contributed by atoms with Gasteiger partial charge in [0.2, 0.25) is 5.88 Å². The maximum absolute atomic E-state index is 10.3. The predicted molar refractivity (Wildman–Crippen MR) is 82.3 cm³/mol. The summed E-state index contributed by atoms with van der Waals surface area (Å²) in [5.41, 5.74) is 1.02. The lowest BCUT2D eigenvalue weighted by atomic mass is 9.91. The van der Waals surface area contributed by atoms with Crippen LogP contribution in [0.5, 0.6) is 5.88 Å². The number of pyridine rings is 1. The van der Waals surface area contributed by atoms with E-state index >= 15 is 0 Å². The van der Waals surface area contributed by atoms with Crippen molar-refractivity contribution in [3.63, 3.8) is 0 Å². The van der Waals surface area contributed by atoms with E-state index in [4.69, 9.17) is 4.74 Å². The zero-order valence-corrected chi connectivity index (χ0v) is 12.8. The van der Waals surface area contributed by atoms with Gasteiger partial charge in [0.15, 0.2) is 0 Å². The first kappa shape index (κ1) is 15.0. The lowest BCUT2D eigenvalue weighted by molar-refractivity contribution is 0.0511. The maximum Gasteiger partial charge on any atom is 0.213 e. The molecule has 1 aliphatic heterocycles. The molecule has 3 heterocycles. The maximum atomic E-state index is 10.3. The van der Waals surface area contributed by atoms with Crippen LogP contribution in [0.1, 0.15) is 30.5 Å². The first-order valence-electron chi connectivity index (χ1n) is 7.66. The minimum Gasteiger partial charge on any atom is -0.481 e. The van der Waals surface area contributed by atoms with Gasteiger partial charge in [-0.2, -0.15) is 0 Å². The van der Waals surface area contributed by atoms with Gasteiger partial charge < -0.3 is 14.8 Å². The number of nitrogens with zero attached hydrogens (tertiary/aromatic N) is 3. The van der Waals surface area contributed by atoms with Crippen molar-refractivity contribution in [2.24, 2.45) is 5.92 Å². The molecule has 0 aromatic carbocycles. The van der Waals surface area contributed by atoms with Crippen molar-refractivity contribution in [3.8, 4) is 5.88 Å². The van der Waals surface area contributed by atoms with E-state index < -0.39 is 6.10 Å². The van der Waals surface area contributed by atoms with Crippen LogP contribution >= 0.6 is 0 Å². The third-order valence-electron chi connectivity index (χ3n) is 4.25. The Balaban J connectivity index is 1.53. The summed E-state index contributed by atoms with van der Waals surface area (Å²) in [6.45, 7) is 2.74. The fourth-order valence-corrected chi connectivity index (χ4v) is 2.98. The smallest absolute Gasteiger partial charge is 0.213 e. The van der Waals surface area contributed by atoms with Crippen LogP contribution in [0.2, 0.25) is 0 Å². The Morgan fingerprint density at radius 1 is 1.41 bits per heavy atom. The Labute approximate surface area is 130 Å². The van der Waals surface area contributed by atoms with Crippen LogP contribution in [0.25, 0.3) is 0 Å². The second-order valence-corrected chi connectivity index (χ2v) is 5.70. The molecule has 22 heavy (non-hydrogen) atoms. The van der Waals surface area contributed by atoms with E-state index in [1.54, 1.807) is 19.5 Å². The minimum atomic E-state index is -0.493. The molecule has 2 N–H and O–H groups in total. The Hall–Kier alpha value is -1.92. The molecule has 6 heteroatoms. The summed E-state index contributed by atoms with van der Waals surface area (Å²) < 4.78 is 5.16. The SMILES string of the molecule is COc1cccc(CN2CCC([C@H](O)c3ncc[nH]3)CC2)n1. The summed E-state index contributed by atoms with van der Waals surface area (Å²) in [6.07, 6.45) is 4.87. The molecule has 1 saturated heterocycles. The van der Waals surface area contributed by atoms with Crippen LogP contribution in [0.4, 0.5) is 0 Å². The number of aliphatic hydroxyl groups is 1. The lowest BCUT2D eigenvalue weighted by Gasteiger charge is -2.33. The van der Waals surface area contributed by atoms with Crippen molar-refractivity contribution in [3.05, 3.63) is 42.1 Å². The molecule has 0 unspecified atom stereocenters. The van der Waals surface area contributed by atoms with Crippen LogP contribution in [0.3, 0.4) is 0 Å². The van der Waals surface area contributed by atoms with Gasteiger partial charge in [0.25, 0.3) is 0 Å². The van der Waals surface area contributed by atoms with Gasteiger partial charge in [-0.15, -0.1) is 0 Å². The Morgan fingerprint density at radius 2 is 2.23 bits per heavy atom. The van der Waals surface area contributed by atoms with Crippen molar-refractivity contribution in [2.45, 2.75) is 25.5 Å². The summed E-state index contributed by atoms with van der Waals surface area (Å²) in [4.78, 5) is 14.0. The molecule has 0 saturated carbocycles. The molecule has 0 radical (unpaired) electrons. The quantitative estimate of drug-likeness (QED) is 0.880. The first-order chi connectivity index (χ1) is 10.8. The number of nitrogens with one attached hydrogen (secondary N) is 1. The monoisotopic (exact) mass is 302 g/mol. The summed E-state index contributed by atoms with van der Waals surface area (Å²) >= 11 is 0. The van der Waals surface area contributed by atoms with Crippen LogP contribution < -0.4 is 4.74 Å². The third-order valence-corrected chi connectivity index (χ3v) is 4.25. The van der Waals surface area contributed by atoms with Gasteiger partial charge in [-0.3, -0.25) is 4.90 Å². The van der Waals surface area contributed by atoms with Gasteiger partial charge in [-0.05, 0) is 37.9 Å². The fraction of sp³-hybridized carbons (Fsp3) is 0.500. The summed E-state index contributed by atoms with van der Waals surface area (Å²) in [6, 6.07) is 5.84. The standard InChI is InChI=1S/C16H22N4O2/c1-22-14-4-2-3-13(19-14)11-20-9-5-12(6-10-20)15(21)16-17-7-8-18-16/h2-4,7-8,12,15,21H,5-6,9-11H2,1H3,(H,17,18)/t15-/m0/s1. The number of aromatic amines is 1. The van der Waals surface area contributed by atoms with E-state index in [0.717, 1.165) is 38.2 Å². The summed E-state index contributed by atoms with van der Waals surface area (Å²) in [7, 11) is 1.63. The summed E-state index contributed by atoms with van der Waals surface area (Å²) in [5, 5.41) is 10.3. The fourth-order valence-electron chi connectivity index (χ4n) is 2.98. The molecule has 2 aromatic rings. The van der Waals surface area contributed by atoms with Crippen molar-refractivity contribution >= 4 is 0 Å². The third kappa shape index (κ3) is 3.45. The Bertz CT molecular complexity index is 580. The van der Waals surface area contributed by atoms with E-state index in [2.05, 4.69) is 19.9 Å². The molecule has 0 aliphatic carbocycles. The van der Waals surface area contributed by atoms with E-state index in [-0.39, 0.29) is 5.92 Å². The van der Waals surface area contributed by atoms with E-state index in [1.807, 2.05) is 18.2 Å². The van der Waals surface area contributed by atoms with E-state index in [0.29, 0.717) is 11.7 Å². The van der Waals surface area contributed by atoms with Gasteiger partial charge in [0.1, 0.15) is 11.9 Å². The normalized spacial score (nSPS) is 18.3. The van der Waals surface area contributed by atoms with Gasteiger partial charge in [-0.25, -0.2) is 9.97 Å².